The number of rotatable bonds is 11. The molecule has 1 aromatic heterocycles. The largest absolute Gasteiger partial charge is 0.369 e. The zero-order valence-electron chi connectivity index (χ0n) is 16.5. The van der Waals surface area contributed by atoms with Crippen LogP contribution in [0.5, 0.6) is 0 Å². The Bertz CT molecular complexity index is 814. The van der Waals surface area contributed by atoms with Gasteiger partial charge in [0.1, 0.15) is 5.82 Å². The zero-order valence-corrected chi connectivity index (χ0v) is 16.5. The molecule has 3 nitrogen and oxygen atoms in total. The fraction of sp³-hybridized carbons (Fsp3) is 0.417. The number of anilines is 1. The van der Waals surface area contributed by atoms with Crippen LogP contribution in [0.4, 0.5) is 5.82 Å². The first kappa shape index (κ1) is 19.3. The van der Waals surface area contributed by atoms with Gasteiger partial charge in [-0.2, -0.15) is 0 Å². The molecule has 0 bridgehead atoms. The lowest BCUT2D eigenvalue weighted by molar-refractivity contribution is 0.581. The number of fused-ring (bicyclic) bond motifs is 1. The molecule has 0 spiro atoms. The van der Waals surface area contributed by atoms with Crippen molar-refractivity contribution in [2.45, 2.75) is 58.3 Å². The Kier molecular flexibility index (Phi) is 7.64. The summed E-state index contributed by atoms with van der Waals surface area (Å²) in [7, 11) is 0. The van der Waals surface area contributed by atoms with Crippen LogP contribution >= 0.6 is 0 Å². The smallest absolute Gasteiger partial charge is 0.162 e. The fourth-order valence-electron chi connectivity index (χ4n) is 3.39. The van der Waals surface area contributed by atoms with Gasteiger partial charge in [-0.3, -0.25) is 0 Å². The highest BCUT2D eigenvalue weighted by Gasteiger charge is 2.08. The van der Waals surface area contributed by atoms with Gasteiger partial charge in [-0.1, -0.05) is 94.3 Å². The summed E-state index contributed by atoms with van der Waals surface area (Å²) in [6.45, 7) is 3.23. The van der Waals surface area contributed by atoms with Gasteiger partial charge in [0.05, 0.1) is 5.52 Å². The fourth-order valence-corrected chi connectivity index (χ4v) is 3.39. The maximum absolute atomic E-state index is 4.82. The second kappa shape index (κ2) is 10.7. The predicted octanol–water partition coefficient (Wildman–Crippen LogP) is 6.85. The van der Waals surface area contributed by atoms with Gasteiger partial charge < -0.3 is 5.32 Å². The minimum absolute atomic E-state index is 0.785. The quantitative estimate of drug-likeness (QED) is 0.379. The van der Waals surface area contributed by atoms with E-state index in [0.717, 1.165) is 34.7 Å². The van der Waals surface area contributed by atoms with Crippen LogP contribution in [0.25, 0.3) is 22.3 Å². The molecule has 3 heteroatoms. The van der Waals surface area contributed by atoms with Crippen LogP contribution in [-0.4, -0.2) is 16.5 Å². The van der Waals surface area contributed by atoms with Crippen molar-refractivity contribution in [1.29, 1.82) is 0 Å². The first-order valence-corrected chi connectivity index (χ1v) is 10.4. The summed E-state index contributed by atoms with van der Waals surface area (Å²) in [6, 6.07) is 18.4. The molecule has 27 heavy (non-hydrogen) atoms. The van der Waals surface area contributed by atoms with Crippen molar-refractivity contribution in [2.24, 2.45) is 0 Å². The van der Waals surface area contributed by atoms with E-state index < -0.39 is 0 Å². The van der Waals surface area contributed by atoms with Crippen LogP contribution in [-0.2, 0) is 0 Å². The van der Waals surface area contributed by atoms with Crippen LogP contribution in [0.3, 0.4) is 0 Å². The first-order valence-electron chi connectivity index (χ1n) is 10.4. The number of hydrogen-bond acceptors (Lipinski definition) is 3. The molecule has 0 aliphatic heterocycles. The summed E-state index contributed by atoms with van der Waals surface area (Å²) in [5.41, 5.74) is 2.04. The Hall–Kier alpha value is -2.42. The van der Waals surface area contributed by atoms with E-state index in [-0.39, 0.29) is 0 Å². The van der Waals surface area contributed by atoms with E-state index in [1.807, 2.05) is 24.3 Å². The maximum atomic E-state index is 4.82. The number of para-hydroxylation sites is 1. The number of unbranched alkanes of at least 4 members (excludes halogenated alkanes) is 7. The van der Waals surface area contributed by atoms with Gasteiger partial charge in [0, 0.05) is 17.5 Å². The second-order valence-electron chi connectivity index (χ2n) is 7.18. The summed E-state index contributed by atoms with van der Waals surface area (Å²) < 4.78 is 0. The molecule has 0 saturated carbocycles. The van der Waals surface area contributed by atoms with E-state index in [9.17, 15) is 0 Å². The molecule has 0 fully saturated rings. The van der Waals surface area contributed by atoms with Crippen molar-refractivity contribution < 1.29 is 0 Å². The van der Waals surface area contributed by atoms with E-state index in [1.54, 1.807) is 0 Å². The Morgan fingerprint density at radius 3 is 2.15 bits per heavy atom. The molecule has 0 amide bonds. The minimum Gasteiger partial charge on any atom is -0.369 e. The predicted molar refractivity (Wildman–Crippen MR) is 116 cm³/mol. The summed E-state index contributed by atoms with van der Waals surface area (Å²) in [5, 5.41) is 4.65. The Labute approximate surface area is 163 Å². The third-order valence-corrected chi connectivity index (χ3v) is 4.96. The minimum atomic E-state index is 0.785. The van der Waals surface area contributed by atoms with Crippen LogP contribution < -0.4 is 5.32 Å². The van der Waals surface area contributed by atoms with Crippen LogP contribution in [0, 0.1) is 0 Å². The molecule has 3 aromatic rings. The van der Waals surface area contributed by atoms with Crippen LogP contribution in [0.2, 0.25) is 0 Å². The third kappa shape index (κ3) is 5.78. The molecule has 0 atom stereocenters. The molecular weight excluding hydrogens is 330 g/mol. The standard InChI is InChI=1S/C24H31N3/c1-2-3-4-5-6-7-8-14-19-25-24-21-17-12-13-18-22(21)26-23(27-24)20-15-10-9-11-16-20/h9-13,15-18H,2-8,14,19H2,1H3,(H,25,26,27). The van der Waals surface area contributed by atoms with E-state index in [1.165, 1.54) is 51.4 Å². The first-order chi connectivity index (χ1) is 13.4. The van der Waals surface area contributed by atoms with Crippen molar-refractivity contribution >= 4 is 16.7 Å². The zero-order chi connectivity index (χ0) is 18.7. The maximum Gasteiger partial charge on any atom is 0.162 e. The average Bonchev–Trinajstić information content (AvgIpc) is 2.73. The summed E-state index contributed by atoms with van der Waals surface area (Å²) in [5.74, 6) is 1.73. The number of aromatic nitrogens is 2. The molecule has 1 heterocycles. The summed E-state index contributed by atoms with van der Waals surface area (Å²) in [6.07, 6.45) is 10.7. The van der Waals surface area contributed by atoms with Gasteiger partial charge >= 0.3 is 0 Å². The van der Waals surface area contributed by atoms with Crippen LogP contribution in [0.1, 0.15) is 58.3 Å². The molecule has 0 aliphatic rings. The average molecular weight is 362 g/mol. The van der Waals surface area contributed by atoms with E-state index in [4.69, 9.17) is 9.97 Å². The normalized spacial score (nSPS) is 11.0. The Morgan fingerprint density at radius 1 is 0.704 bits per heavy atom. The molecular formula is C24H31N3. The van der Waals surface area contributed by atoms with Crippen LogP contribution in [0.15, 0.2) is 54.6 Å². The highest BCUT2D eigenvalue weighted by atomic mass is 15.0. The molecule has 2 aromatic carbocycles. The van der Waals surface area contributed by atoms with Crippen molar-refractivity contribution in [3.63, 3.8) is 0 Å². The molecule has 1 N–H and O–H groups in total. The van der Waals surface area contributed by atoms with Crippen molar-refractivity contribution in [3.8, 4) is 11.4 Å². The highest BCUT2D eigenvalue weighted by Crippen LogP contribution is 2.24. The lowest BCUT2D eigenvalue weighted by Crippen LogP contribution is -2.05. The topological polar surface area (TPSA) is 37.8 Å². The Morgan fingerprint density at radius 2 is 1.37 bits per heavy atom. The number of nitrogens with one attached hydrogen (secondary N) is 1. The molecule has 0 saturated heterocycles. The Balaban J connectivity index is 1.59. The van der Waals surface area contributed by atoms with Gasteiger partial charge in [0.2, 0.25) is 0 Å². The van der Waals surface area contributed by atoms with E-state index in [0.29, 0.717) is 0 Å². The van der Waals surface area contributed by atoms with Crippen molar-refractivity contribution in [3.05, 3.63) is 54.6 Å². The van der Waals surface area contributed by atoms with Crippen molar-refractivity contribution in [2.75, 3.05) is 11.9 Å². The SMILES string of the molecule is CCCCCCCCCCNc1nc(-c2ccccc2)nc2ccccc12. The summed E-state index contributed by atoms with van der Waals surface area (Å²) >= 11 is 0. The van der Waals surface area contributed by atoms with Gasteiger partial charge in [-0.25, -0.2) is 9.97 Å². The van der Waals surface area contributed by atoms with Crippen molar-refractivity contribution in [1.82, 2.24) is 9.97 Å². The number of nitrogens with zero attached hydrogens (tertiary/aromatic N) is 2. The third-order valence-electron chi connectivity index (χ3n) is 4.96. The highest BCUT2D eigenvalue weighted by molar-refractivity contribution is 5.90. The lowest BCUT2D eigenvalue weighted by atomic mass is 10.1. The number of hydrogen-bond donors (Lipinski definition) is 1. The second-order valence-corrected chi connectivity index (χ2v) is 7.18. The van der Waals surface area contributed by atoms with Gasteiger partial charge in [0.15, 0.2) is 5.82 Å². The number of benzene rings is 2. The monoisotopic (exact) mass is 361 g/mol. The van der Waals surface area contributed by atoms with E-state index in [2.05, 4.69) is 42.6 Å². The molecule has 0 unspecified atom stereocenters. The van der Waals surface area contributed by atoms with Gasteiger partial charge in [-0.15, -0.1) is 0 Å². The lowest BCUT2D eigenvalue weighted by Gasteiger charge is -2.11. The van der Waals surface area contributed by atoms with Gasteiger partial charge in [0.25, 0.3) is 0 Å². The molecule has 3 rings (SSSR count). The summed E-state index contributed by atoms with van der Waals surface area (Å²) in [4.78, 5) is 9.56. The van der Waals surface area contributed by atoms with Gasteiger partial charge in [-0.05, 0) is 18.6 Å². The van der Waals surface area contributed by atoms with E-state index >= 15 is 0 Å². The molecule has 0 aliphatic carbocycles. The molecule has 142 valence electrons. The molecule has 0 radical (unpaired) electrons.